The van der Waals surface area contributed by atoms with Gasteiger partial charge in [0.15, 0.2) is 5.82 Å². The van der Waals surface area contributed by atoms with Gasteiger partial charge in [0.25, 0.3) is 0 Å². The molecule has 20 heavy (non-hydrogen) atoms. The van der Waals surface area contributed by atoms with Crippen molar-refractivity contribution in [3.8, 4) is 0 Å². The van der Waals surface area contributed by atoms with Crippen LogP contribution in [-0.4, -0.2) is 10.1 Å². The SMILES string of the molecule is NC(CC1CCCCC1)c1nc(C2CCCCC2)no1. The van der Waals surface area contributed by atoms with E-state index in [1.165, 1.54) is 64.2 Å². The largest absolute Gasteiger partial charge is 0.338 e. The van der Waals surface area contributed by atoms with Gasteiger partial charge in [0.2, 0.25) is 5.89 Å². The lowest BCUT2D eigenvalue weighted by Gasteiger charge is -2.23. The van der Waals surface area contributed by atoms with Gasteiger partial charge in [-0.25, -0.2) is 0 Å². The lowest BCUT2D eigenvalue weighted by molar-refractivity contribution is 0.282. The predicted molar refractivity (Wildman–Crippen MR) is 78.2 cm³/mol. The summed E-state index contributed by atoms with van der Waals surface area (Å²) in [6, 6.07) is -0.0667. The zero-order valence-corrected chi connectivity index (χ0v) is 12.4. The van der Waals surface area contributed by atoms with Crippen molar-refractivity contribution in [1.29, 1.82) is 0 Å². The monoisotopic (exact) mass is 277 g/mol. The second-order valence-corrected chi connectivity index (χ2v) is 6.67. The summed E-state index contributed by atoms with van der Waals surface area (Å²) < 4.78 is 5.44. The van der Waals surface area contributed by atoms with Gasteiger partial charge in [-0.1, -0.05) is 56.5 Å². The Morgan fingerprint density at radius 2 is 1.65 bits per heavy atom. The number of aromatic nitrogens is 2. The molecule has 1 aromatic heterocycles. The summed E-state index contributed by atoms with van der Waals surface area (Å²) >= 11 is 0. The van der Waals surface area contributed by atoms with Crippen molar-refractivity contribution in [3.05, 3.63) is 11.7 Å². The fraction of sp³-hybridized carbons (Fsp3) is 0.875. The van der Waals surface area contributed by atoms with Crippen LogP contribution in [-0.2, 0) is 0 Å². The molecule has 1 atom stereocenters. The standard InChI is InChI=1S/C16H27N3O/c17-14(11-12-7-3-1-4-8-12)16-18-15(19-20-16)13-9-5-2-6-10-13/h12-14H,1-11,17H2. The molecule has 0 saturated heterocycles. The zero-order valence-electron chi connectivity index (χ0n) is 12.4. The van der Waals surface area contributed by atoms with E-state index >= 15 is 0 Å². The van der Waals surface area contributed by atoms with Gasteiger partial charge in [0.1, 0.15) is 0 Å². The minimum Gasteiger partial charge on any atom is -0.338 e. The quantitative estimate of drug-likeness (QED) is 0.900. The molecule has 3 rings (SSSR count). The highest BCUT2D eigenvalue weighted by atomic mass is 16.5. The van der Waals surface area contributed by atoms with E-state index in [-0.39, 0.29) is 6.04 Å². The van der Waals surface area contributed by atoms with Crippen molar-refractivity contribution in [2.45, 2.75) is 82.6 Å². The molecule has 4 nitrogen and oxygen atoms in total. The van der Waals surface area contributed by atoms with Crippen molar-refractivity contribution in [2.75, 3.05) is 0 Å². The van der Waals surface area contributed by atoms with E-state index in [0.717, 1.165) is 18.2 Å². The molecule has 0 amide bonds. The van der Waals surface area contributed by atoms with Gasteiger partial charge in [-0.15, -0.1) is 0 Å². The van der Waals surface area contributed by atoms with Crippen LogP contribution in [0.1, 0.15) is 94.3 Å². The smallest absolute Gasteiger partial charge is 0.243 e. The van der Waals surface area contributed by atoms with Gasteiger partial charge in [0, 0.05) is 5.92 Å². The van der Waals surface area contributed by atoms with E-state index in [9.17, 15) is 0 Å². The average Bonchev–Trinajstić information content (AvgIpc) is 2.99. The van der Waals surface area contributed by atoms with Crippen LogP contribution in [0.25, 0.3) is 0 Å². The maximum Gasteiger partial charge on any atom is 0.243 e. The van der Waals surface area contributed by atoms with Gasteiger partial charge in [-0.3, -0.25) is 0 Å². The lowest BCUT2D eigenvalue weighted by atomic mass is 9.85. The Labute approximate surface area is 121 Å². The van der Waals surface area contributed by atoms with Crippen LogP contribution in [0.5, 0.6) is 0 Å². The van der Waals surface area contributed by atoms with E-state index in [1.54, 1.807) is 0 Å². The maximum absolute atomic E-state index is 6.27. The van der Waals surface area contributed by atoms with Crippen molar-refractivity contribution in [3.63, 3.8) is 0 Å². The first kappa shape index (κ1) is 14.1. The number of hydrogen-bond donors (Lipinski definition) is 1. The first-order valence-electron chi connectivity index (χ1n) is 8.42. The zero-order chi connectivity index (χ0) is 13.8. The van der Waals surface area contributed by atoms with Gasteiger partial charge in [-0.2, -0.15) is 4.98 Å². The number of rotatable bonds is 4. The molecule has 2 N–H and O–H groups in total. The number of nitrogens with zero attached hydrogens (tertiary/aromatic N) is 2. The van der Waals surface area contributed by atoms with Crippen molar-refractivity contribution in [2.24, 2.45) is 11.7 Å². The van der Waals surface area contributed by atoms with Gasteiger partial charge in [-0.05, 0) is 25.2 Å². The van der Waals surface area contributed by atoms with Crippen LogP contribution < -0.4 is 5.73 Å². The maximum atomic E-state index is 6.27. The fourth-order valence-corrected chi connectivity index (χ4v) is 3.81. The molecule has 0 spiro atoms. The Balaban J connectivity index is 1.57. The summed E-state index contributed by atoms with van der Waals surface area (Å²) in [5.41, 5.74) is 6.27. The molecule has 2 fully saturated rings. The Morgan fingerprint density at radius 3 is 2.35 bits per heavy atom. The number of nitrogens with two attached hydrogens (primary N) is 1. The summed E-state index contributed by atoms with van der Waals surface area (Å²) in [4.78, 5) is 4.60. The van der Waals surface area contributed by atoms with Crippen LogP contribution in [0, 0.1) is 5.92 Å². The Kier molecular flexibility index (Phi) is 4.71. The summed E-state index contributed by atoms with van der Waals surface area (Å²) in [5.74, 6) is 2.82. The van der Waals surface area contributed by atoms with E-state index in [0.29, 0.717) is 11.8 Å². The number of hydrogen-bond acceptors (Lipinski definition) is 4. The average molecular weight is 277 g/mol. The molecular formula is C16H27N3O. The molecule has 0 aliphatic heterocycles. The highest BCUT2D eigenvalue weighted by molar-refractivity contribution is 4.99. The van der Waals surface area contributed by atoms with Gasteiger partial charge in [0.05, 0.1) is 6.04 Å². The molecule has 112 valence electrons. The first-order valence-corrected chi connectivity index (χ1v) is 8.42. The summed E-state index contributed by atoms with van der Waals surface area (Å²) in [6.45, 7) is 0. The second kappa shape index (κ2) is 6.70. The molecule has 0 aromatic carbocycles. The van der Waals surface area contributed by atoms with Crippen LogP contribution in [0.4, 0.5) is 0 Å². The third kappa shape index (κ3) is 3.40. The third-order valence-electron chi connectivity index (χ3n) is 5.06. The third-order valence-corrected chi connectivity index (χ3v) is 5.06. The highest BCUT2D eigenvalue weighted by Gasteiger charge is 2.25. The Hall–Kier alpha value is -0.900. The molecule has 2 aliphatic carbocycles. The van der Waals surface area contributed by atoms with E-state index in [4.69, 9.17) is 10.3 Å². The Morgan fingerprint density at radius 1 is 1.00 bits per heavy atom. The van der Waals surface area contributed by atoms with E-state index in [1.807, 2.05) is 0 Å². The molecule has 0 bridgehead atoms. The molecule has 2 saturated carbocycles. The fourth-order valence-electron chi connectivity index (χ4n) is 3.81. The molecule has 2 aliphatic rings. The second-order valence-electron chi connectivity index (χ2n) is 6.67. The summed E-state index contributed by atoms with van der Waals surface area (Å²) in [5, 5.41) is 4.19. The molecule has 4 heteroatoms. The summed E-state index contributed by atoms with van der Waals surface area (Å²) in [7, 11) is 0. The molecule has 1 aromatic rings. The topological polar surface area (TPSA) is 64.9 Å². The molecule has 1 heterocycles. The lowest BCUT2D eigenvalue weighted by Crippen LogP contribution is -2.18. The Bertz CT molecular complexity index is 406. The van der Waals surface area contributed by atoms with Crippen molar-refractivity contribution in [1.82, 2.24) is 10.1 Å². The van der Waals surface area contributed by atoms with Crippen molar-refractivity contribution >= 4 is 0 Å². The minimum atomic E-state index is -0.0667. The predicted octanol–water partition coefficient (Wildman–Crippen LogP) is 4.09. The van der Waals surface area contributed by atoms with Gasteiger partial charge >= 0.3 is 0 Å². The minimum absolute atomic E-state index is 0.0667. The van der Waals surface area contributed by atoms with E-state index in [2.05, 4.69) is 10.1 Å². The summed E-state index contributed by atoms with van der Waals surface area (Å²) in [6.07, 6.45) is 14.1. The molecule has 1 unspecified atom stereocenters. The van der Waals surface area contributed by atoms with Crippen molar-refractivity contribution < 1.29 is 4.52 Å². The van der Waals surface area contributed by atoms with Crippen LogP contribution in [0.3, 0.4) is 0 Å². The highest BCUT2D eigenvalue weighted by Crippen LogP contribution is 2.33. The molecule has 0 radical (unpaired) electrons. The molecular weight excluding hydrogens is 250 g/mol. The van der Waals surface area contributed by atoms with Crippen LogP contribution >= 0.6 is 0 Å². The van der Waals surface area contributed by atoms with Crippen LogP contribution in [0.2, 0.25) is 0 Å². The van der Waals surface area contributed by atoms with E-state index < -0.39 is 0 Å². The van der Waals surface area contributed by atoms with Gasteiger partial charge < -0.3 is 10.3 Å². The van der Waals surface area contributed by atoms with Crippen LogP contribution in [0.15, 0.2) is 4.52 Å². The first-order chi connectivity index (χ1) is 9.83. The normalized spacial score (nSPS) is 23.9.